The van der Waals surface area contributed by atoms with E-state index in [1.54, 1.807) is 17.4 Å². The van der Waals surface area contributed by atoms with Gasteiger partial charge in [-0.25, -0.2) is 4.98 Å². The number of carbonyl (C=O) groups excluding carboxylic acids is 3. The summed E-state index contributed by atoms with van der Waals surface area (Å²) in [6.45, 7) is 3.08. The van der Waals surface area contributed by atoms with Crippen LogP contribution in [0.15, 0.2) is 5.38 Å². The van der Waals surface area contributed by atoms with Gasteiger partial charge in [0.05, 0.1) is 31.4 Å². The van der Waals surface area contributed by atoms with E-state index >= 15 is 0 Å². The van der Waals surface area contributed by atoms with Crippen LogP contribution in [0.5, 0.6) is 0 Å². The Morgan fingerprint density at radius 1 is 1.06 bits per heavy atom. The summed E-state index contributed by atoms with van der Waals surface area (Å²) in [5.74, 6) is -2.33. The van der Waals surface area contributed by atoms with Crippen molar-refractivity contribution in [3.8, 4) is 0 Å². The minimum Gasteiger partial charge on any atom is -0.382 e. The van der Waals surface area contributed by atoms with E-state index in [2.05, 4.69) is 4.98 Å². The molecule has 1 N–H and O–H groups in total. The molecule has 202 valence electrons. The Morgan fingerprint density at radius 3 is 2.42 bits per heavy atom. The first-order valence-corrected chi connectivity index (χ1v) is 12.6. The maximum absolute atomic E-state index is 12.8. The lowest BCUT2D eigenvalue weighted by atomic mass is 9.97. The van der Waals surface area contributed by atoms with Gasteiger partial charge in [-0.2, -0.15) is 13.2 Å². The minimum absolute atomic E-state index is 0.00550. The van der Waals surface area contributed by atoms with E-state index in [-0.39, 0.29) is 49.5 Å². The van der Waals surface area contributed by atoms with Crippen molar-refractivity contribution >= 4 is 29.1 Å². The molecule has 3 rings (SSSR count). The van der Waals surface area contributed by atoms with Gasteiger partial charge in [-0.1, -0.05) is 0 Å². The van der Waals surface area contributed by atoms with Gasteiger partial charge in [-0.15, -0.1) is 11.3 Å². The van der Waals surface area contributed by atoms with Gasteiger partial charge in [0.15, 0.2) is 0 Å². The molecular weight excluding hydrogens is 505 g/mol. The number of halogens is 3. The van der Waals surface area contributed by atoms with E-state index in [1.807, 2.05) is 5.32 Å². The highest BCUT2D eigenvalue weighted by Gasteiger charge is 2.41. The SMILES string of the molecule is COCCOCCOCC(=O)N1CCC(c2nc(C(=O)N3CCC(NC(=O)C(F)(F)F)C3)cs2)CC1. The fourth-order valence-corrected chi connectivity index (χ4v) is 5.02. The van der Waals surface area contributed by atoms with Crippen LogP contribution >= 0.6 is 11.3 Å². The molecule has 10 nitrogen and oxygen atoms in total. The average molecular weight is 537 g/mol. The van der Waals surface area contributed by atoms with E-state index in [1.165, 1.54) is 16.2 Å². The Bertz CT molecular complexity index is 891. The zero-order valence-electron chi connectivity index (χ0n) is 20.1. The second-order valence-electron chi connectivity index (χ2n) is 8.59. The summed E-state index contributed by atoms with van der Waals surface area (Å²) < 4.78 is 52.9. The molecule has 1 aromatic rings. The molecule has 0 aromatic carbocycles. The molecule has 0 aliphatic carbocycles. The number of nitrogens with zero attached hydrogens (tertiary/aromatic N) is 3. The first-order chi connectivity index (χ1) is 17.2. The van der Waals surface area contributed by atoms with Crippen LogP contribution in [0, 0.1) is 0 Å². The number of hydrogen-bond acceptors (Lipinski definition) is 8. The number of piperidine rings is 1. The summed E-state index contributed by atoms with van der Waals surface area (Å²) in [7, 11) is 1.59. The monoisotopic (exact) mass is 536 g/mol. The number of methoxy groups -OCH3 is 1. The van der Waals surface area contributed by atoms with Crippen LogP contribution in [0.25, 0.3) is 0 Å². The topological polar surface area (TPSA) is 110 Å². The number of ether oxygens (including phenoxy) is 3. The zero-order valence-corrected chi connectivity index (χ0v) is 20.9. The first kappa shape index (κ1) is 28.3. The maximum atomic E-state index is 12.8. The van der Waals surface area contributed by atoms with Gasteiger partial charge in [0.25, 0.3) is 5.91 Å². The molecule has 2 aliphatic heterocycles. The van der Waals surface area contributed by atoms with Crippen molar-refractivity contribution in [1.82, 2.24) is 20.1 Å². The number of amides is 3. The summed E-state index contributed by atoms with van der Waals surface area (Å²) in [5.41, 5.74) is 0.248. The number of rotatable bonds is 11. The number of nitrogens with one attached hydrogen (secondary N) is 1. The van der Waals surface area contributed by atoms with Gasteiger partial charge in [0.1, 0.15) is 12.3 Å². The standard InChI is InChI=1S/C22H31F3N4O6S/c1-33-8-9-34-10-11-35-13-18(30)28-5-2-15(3-6-28)19-27-17(14-36-19)20(31)29-7-4-16(12-29)26-21(32)22(23,24)25/h14-16H,2-13H2,1H3,(H,26,32). The predicted molar refractivity (Wildman–Crippen MR) is 123 cm³/mol. The second-order valence-corrected chi connectivity index (χ2v) is 9.48. The van der Waals surface area contributed by atoms with Gasteiger partial charge in [-0.3, -0.25) is 14.4 Å². The normalized spacial score (nSPS) is 19.1. The third kappa shape index (κ3) is 8.11. The smallest absolute Gasteiger partial charge is 0.382 e. The van der Waals surface area contributed by atoms with Crippen LogP contribution in [-0.4, -0.2) is 111 Å². The van der Waals surface area contributed by atoms with Crippen molar-refractivity contribution < 1.29 is 41.8 Å². The molecule has 14 heteroatoms. The molecular formula is C22H31F3N4O6S. The molecule has 0 radical (unpaired) electrons. The van der Waals surface area contributed by atoms with Gasteiger partial charge in [0.2, 0.25) is 5.91 Å². The van der Waals surface area contributed by atoms with Crippen LogP contribution in [0.2, 0.25) is 0 Å². The molecule has 1 unspecified atom stereocenters. The first-order valence-electron chi connectivity index (χ1n) is 11.7. The molecule has 2 fully saturated rings. The minimum atomic E-state index is -4.95. The highest BCUT2D eigenvalue weighted by atomic mass is 32.1. The summed E-state index contributed by atoms with van der Waals surface area (Å²) in [5, 5.41) is 4.38. The van der Waals surface area contributed by atoms with Gasteiger partial charge < -0.3 is 29.3 Å². The van der Waals surface area contributed by atoms with Crippen molar-refractivity contribution in [1.29, 1.82) is 0 Å². The highest BCUT2D eigenvalue weighted by Crippen LogP contribution is 2.31. The summed E-state index contributed by atoms with van der Waals surface area (Å²) in [6.07, 6.45) is -3.28. The van der Waals surface area contributed by atoms with Crippen molar-refractivity contribution in [2.24, 2.45) is 0 Å². The maximum Gasteiger partial charge on any atom is 0.471 e. The van der Waals surface area contributed by atoms with Crippen molar-refractivity contribution in [3.63, 3.8) is 0 Å². The summed E-state index contributed by atoms with van der Waals surface area (Å²) in [4.78, 5) is 43.9. The molecule has 0 saturated carbocycles. The number of aromatic nitrogens is 1. The molecule has 3 amide bonds. The third-order valence-corrected chi connectivity index (χ3v) is 7.04. The van der Waals surface area contributed by atoms with Gasteiger partial charge in [0, 0.05) is 50.6 Å². The zero-order chi connectivity index (χ0) is 26.1. The van der Waals surface area contributed by atoms with Gasteiger partial charge in [-0.05, 0) is 19.3 Å². The van der Waals surface area contributed by atoms with Crippen molar-refractivity contribution in [3.05, 3.63) is 16.1 Å². The third-order valence-electron chi connectivity index (χ3n) is 6.04. The lowest BCUT2D eigenvalue weighted by Crippen LogP contribution is -2.44. The molecule has 2 saturated heterocycles. The quantitative estimate of drug-likeness (QED) is 0.426. The molecule has 2 aliphatic rings. The number of alkyl halides is 3. The van der Waals surface area contributed by atoms with Crippen molar-refractivity contribution in [2.45, 2.75) is 37.4 Å². The molecule has 1 atom stereocenters. The van der Waals surface area contributed by atoms with E-state index < -0.39 is 18.1 Å². The summed E-state index contributed by atoms with van der Waals surface area (Å²) >= 11 is 1.36. The van der Waals surface area contributed by atoms with Crippen LogP contribution in [-0.2, 0) is 23.8 Å². The average Bonchev–Trinajstić information content (AvgIpc) is 3.53. The van der Waals surface area contributed by atoms with Crippen LogP contribution in [0.3, 0.4) is 0 Å². The number of likely N-dealkylation sites (tertiary alicyclic amines) is 2. The number of thiazole rings is 1. The van der Waals surface area contributed by atoms with E-state index in [0.29, 0.717) is 52.4 Å². The number of carbonyl (C=O) groups is 3. The lowest BCUT2D eigenvalue weighted by Gasteiger charge is -2.31. The Labute approximate surface area is 211 Å². The largest absolute Gasteiger partial charge is 0.471 e. The summed E-state index contributed by atoms with van der Waals surface area (Å²) in [6, 6.07) is -0.741. The van der Waals surface area contributed by atoms with Crippen LogP contribution < -0.4 is 5.32 Å². The molecule has 0 bridgehead atoms. The van der Waals surface area contributed by atoms with Crippen LogP contribution in [0.1, 0.15) is 40.7 Å². The Kier molecular flexibility index (Phi) is 10.5. The predicted octanol–water partition coefficient (Wildman–Crippen LogP) is 1.42. The second kappa shape index (κ2) is 13.3. The molecule has 3 heterocycles. The Balaban J connectivity index is 1.39. The van der Waals surface area contributed by atoms with E-state index in [9.17, 15) is 27.6 Å². The highest BCUT2D eigenvalue weighted by molar-refractivity contribution is 7.09. The fourth-order valence-electron chi connectivity index (χ4n) is 4.05. The molecule has 36 heavy (non-hydrogen) atoms. The molecule has 0 spiro atoms. The van der Waals surface area contributed by atoms with Crippen molar-refractivity contribution in [2.75, 3.05) is 66.3 Å². The van der Waals surface area contributed by atoms with Gasteiger partial charge >= 0.3 is 12.1 Å². The Morgan fingerprint density at radius 2 is 1.72 bits per heavy atom. The molecule has 1 aromatic heterocycles. The Hall–Kier alpha value is -2.29. The number of hydrogen-bond donors (Lipinski definition) is 1. The van der Waals surface area contributed by atoms with E-state index in [4.69, 9.17) is 14.2 Å². The van der Waals surface area contributed by atoms with Crippen LogP contribution in [0.4, 0.5) is 13.2 Å². The lowest BCUT2D eigenvalue weighted by molar-refractivity contribution is -0.174. The van der Waals surface area contributed by atoms with E-state index in [0.717, 1.165) is 5.01 Å². The fraction of sp³-hybridized carbons (Fsp3) is 0.727.